The van der Waals surface area contributed by atoms with Crippen LogP contribution in [0.4, 0.5) is 39.5 Å². The van der Waals surface area contributed by atoms with E-state index in [-0.39, 0.29) is 21.2 Å². The maximum Gasteiger partial charge on any atom is 0.460 e. The van der Waals surface area contributed by atoms with Crippen LogP contribution in [0.15, 0.2) is 48.5 Å². The lowest BCUT2D eigenvalue weighted by molar-refractivity contribution is -0.597. The minimum atomic E-state index is -7.43. The predicted octanol–water partition coefficient (Wildman–Crippen LogP) is 3.28. The molecule has 0 fully saturated rings. The van der Waals surface area contributed by atoms with Crippen molar-refractivity contribution in [2.45, 2.75) is 50.5 Å². The van der Waals surface area contributed by atoms with E-state index in [0.717, 1.165) is 5.92 Å². The average molecular weight is 650 g/mol. The van der Waals surface area contributed by atoms with Gasteiger partial charge in [-0.05, 0) is 49.1 Å². The van der Waals surface area contributed by atoms with Crippen molar-refractivity contribution in [3.05, 3.63) is 66.8 Å². The Morgan fingerprint density at radius 2 is 1.17 bits per heavy atom. The Morgan fingerprint density at radius 1 is 0.771 bits per heavy atom. The molecule has 2 aromatic carbocycles. The molecule has 0 aromatic heterocycles. The molecule has 2 aromatic rings. The molecule has 2 rings (SSSR count). The predicted molar refractivity (Wildman–Crippen MR) is 104 cm³/mol. The minimum Gasteiger partial charge on any atom is -0.743 e. The van der Waals surface area contributed by atoms with Gasteiger partial charge in [0.1, 0.15) is 0 Å². The number of halogens is 10. The van der Waals surface area contributed by atoms with Gasteiger partial charge in [-0.2, -0.15) is 39.5 Å². The molecule has 0 amide bonds. The highest BCUT2D eigenvalue weighted by molar-refractivity contribution is 7.86. The fraction of sp³-hybridized carbons (Fsp3) is 0.429. The summed E-state index contributed by atoms with van der Waals surface area (Å²) in [7, 11) is -7.42. The van der Waals surface area contributed by atoms with Crippen LogP contribution in [0, 0.1) is 20.0 Å². The molecular formula is C21H20F9IO3S. The van der Waals surface area contributed by atoms with E-state index < -0.39 is 33.4 Å². The summed E-state index contributed by atoms with van der Waals surface area (Å²) >= 11 is -0.0179. The Balaban J connectivity index is 0.000000351. The van der Waals surface area contributed by atoms with Crippen LogP contribution in [-0.2, 0) is 16.5 Å². The molecule has 3 nitrogen and oxygen atoms in total. The summed E-state index contributed by atoms with van der Waals surface area (Å²) in [4.78, 5) is 0. The average Bonchev–Trinajstić information content (AvgIpc) is 2.69. The van der Waals surface area contributed by atoms with Crippen molar-refractivity contribution in [3.63, 3.8) is 0 Å². The molecule has 0 atom stereocenters. The number of hydrogen-bond donors (Lipinski definition) is 0. The molecule has 0 saturated heterocycles. The van der Waals surface area contributed by atoms with Gasteiger partial charge in [0, 0.05) is 0 Å². The molecule has 198 valence electrons. The molecule has 35 heavy (non-hydrogen) atoms. The summed E-state index contributed by atoms with van der Waals surface area (Å²) in [6, 6.07) is 18.2. The Hall–Kier alpha value is -1.55. The van der Waals surface area contributed by atoms with Crippen molar-refractivity contribution in [2.75, 3.05) is 0 Å². The van der Waals surface area contributed by atoms with E-state index in [0.29, 0.717) is 0 Å². The number of rotatable bonds is 7. The largest absolute Gasteiger partial charge is 0.743 e. The minimum absolute atomic E-state index is 0.0179. The second-order valence-corrected chi connectivity index (χ2v) is 12.2. The first kappa shape index (κ1) is 31.5. The van der Waals surface area contributed by atoms with Crippen molar-refractivity contribution in [2.24, 2.45) is 5.92 Å². The monoisotopic (exact) mass is 650 g/mol. The van der Waals surface area contributed by atoms with E-state index in [9.17, 15) is 52.5 Å². The molecule has 0 bridgehead atoms. The molecule has 0 unspecified atom stereocenters. The van der Waals surface area contributed by atoms with Gasteiger partial charge >= 0.3 is 44.5 Å². The van der Waals surface area contributed by atoms with Crippen LogP contribution in [0.3, 0.4) is 0 Å². The molecule has 0 N–H and O–H groups in total. The van der Waals surface area contributed by atoms with Gasteiger partial charge in [-0.15, -0.1) is 0 Å². The van der Waals surface area contributed by atoms with E-state index in [1.54, 1.807) is 0 Å². The molecule has 0 saturated carbocycles. The lowest BCUT2D eigenvalue weighted by Crippen LogP contribution is -3.61. The Bertz CT molecular complexity index is 1070. The van der Waals surface area contributed by atoms with Crippen LogP contribution < -0.4 is 21.2 Å². The van der Waals surface area contributed by atoms with Crippen LogP contribution in [0.25, 0.3) is 0 Å². The molecular weight excluding hydrogens is 630 g/mol. The maximum atomic E-state index is 12.2. The molecule has 14 heteroatoms. The summed E-state index contributed by atoms with van der Waals surface area (Å²) in [5, 5.41) is -7.11. The first-order valence-electron chi connectivity index (χ1n) is 9.59. The van der Waals surface area contributed by atoms with Crippen molar-refractivity contribution < 1.29 is 73.7 Å². The lowest BCUT2D eigenvalue weighted by atomic mass is 10.0. The zero-order valence-corrected chi connectivity index (χ0v) is 21.3. The summed E-state index contributed by atoms with van der Waals surface area (Å²) in [6.07, 6.45) is -5.98. The van der Waals surface area contributed by atoms with Gasteiger partial charge in [-0.1, -0.05) is 43.7 Å². The topological polar surface area (TPSA) is 57.2 Å². The summed E-state index contributed by atoms with van der Waals surface area (Å²) in [6.45, 7) is 6.68. The number of benzene rings is 2. The first-order chi connectivity index (χ1) is 15.6. The van der Waals surface area contributed by atoms with Crippen LogP contribution in [0.1, 0.15) is 25.0 Å². The third-order valence-corrected chi connectivity index (χ3v) is 7.78. The van der Waals surface area contributed by atoms with E-state index in [1.165, 1.54) is 24.7 Å². The van der Waals surface area contributed by atoms with Crippen molar-refractivity contribution in [1.29, 1.82) is 0 Å². The van der Waals surface area contributed by atoms with Gasteiger partial charge in [0.25, 0.3) is 0 Å². The second-order valence-electron chi connectivity index (χ2n) is 7.73. The van der Waals surface area contributed by atoms with Crippen molar-refractivity contribution >= 4 is 10.1 Å². The molecule has 0 aliphatic rings. The van der Waals surface area contributed by atoms with E-state index >= 15 is 0 Å². The number of alkyl halides is 9. The van der Waals surface area contributed by atoms with Crippen LogP contribution in [-0.4, -0.2) is 36.2 Å². The van der Waals surface area contributed by atoms with Gasteiger partial charge < -0.3 is 4.55 Å². The van der Waals surface area contributed by atoms with E-state index in [1.807, 2.05) is 0 Å². The Kier molecular flexibility index (Phi) is 10.1. The smallest absolute Gasteiger partial charge is 0.460 e. The van der Waals surface area contributed by atoms with Gasteiger partial charge in [-0.3, -0.25) is 0 Å². The molecule has 0 radical (unpaired) electrons. The van der Waals surface area contributed by atoms with Gasteiger partial charge in [-0.25, -0.2) is 8.42 Å². The zero-order chi connectivity index (χ0) is 27.5. The second kappa shape index (κ2) is 11.2. The van der Waals surface area contributed by atoms with E-state index in [2.05, 4.69) is 69.3 Å². The molecule has 0 aliphatic carbocycles. The van der Waals surface area contributed by atoms with Gasteiger partial charge in [0.2, 0.25) is 0 Å². The third kappa shape index (κ3) is 7.71. The SMILES string of the molecule is Cc1ccc([I+]c2ccc(CC(C)C)cc2)cc1.O=S(=O)([O-])C(F)(F)C(F)(F)C(F)(F)C(F)(F)F. The number of hydrogen-bond acceptors (Lipinski definition) is 3. The highest BCUT2D eigenvalue weighted by Gasteiger charge is 2.83. The summed E-state index contributed by atoms with van der Waals surface area (Å²) < 4.78 is 138. The van der Waals surface area contributed by atoms with E-state index in [4.69, 9.17) is 0 Å². The first-order valence-corrected chi connectivity index (χ1v) is 13.2. The number of aryl methyl sites for hydroxylation is 1. The van der Waals surface area contributed by atoms with Crippen molar-refractivity contribution in [3.8, 4) is 0 Å². The van der Waals surface area contributed by atoms with Crippen molar-refractivity contribution in [1.82, 2.24) is 0 Å². The van der Waals surface area contributed by atoms with Crippen LogP contribution >= 0.6 is 0 Å². The zero-order valence-electron chi connectivity index (χ0n) is 18.3. The Morgan fingerprint density at radius 3 is 1.51 bits per heavy atom. The fourth-order valence-corrected chi connectivity index (χ4v) is 4.99. The quantitative estimate of drug-likeness (QED) is 0.263. The summed E-state index contributed by atoms with van der Waals surface area (Å²) in [5.74, 6) is -14.1. The maximum absolute atomic E-state index is 12.2. The molecule has 0 spiro atoms. The Labute approximate surface area is 206 Å². The normalized spacial score (nSPS) is 13.4. The molecule has 0 aliphatic heterocycles. The van der Waals surface area contributed by atoms with Gasteiger partial charge in [0.15, 0.2) is 17.3 Å². The highest BCUT2D eigenvalue weighted by atomic mass is 127. The van der Waals surface area contributed by atoms with Crippen LogP contribution in [0.5, 0.6) is 0 Å². The highest BCUT2D eigenvalue weighted by Crippen LogP contribution is 2.54. The molecule has 0 heterocycles. The van der Waals surface area contributed by atoms with Gasteiger partial charge in [0.05, 0.1) is 0 Å². The third-order valence-electron chi connectivity index (χ3n) is 4.22. The van der Waals surface area contributed by atoms with Crippen LogP contribution in [0.2, 0.25) is 0 Å². The summed E-state index contributed by atoms with van der Waals surface area (Å²) in [5.41, 5.74) is 2.80. The standard InChI is InChI=1S/C17H20I.C4HF9O3S/c1-13(2)12-15-6-10-17(11-7-15)18-16-8-4-14(3)5-9-16;5-1(6,3(9,10)11)2(7,8)4(12,13)17(14,15)16/h4-11,13H,12H2,1-3H3;(H,14,15,16)/q+1;/p-1. The fourth-order valence-electron chi connectivity index (χ4n) is 2.39. The lowest BCUT2D eigenvalue weighted by Gasteiger charge is -2.34.